The number of aromatic nitrogens is 2. The van der Waals surface area contributed by atoms with Gasteiger partial charge in [0.15, 0.2) is 5.69 Å². The lowest BCUT2D eigenvalue weighted by Gasteiger charge is -2.06. The quantitative estimate of drug-likeness (QED) is 0.782. The van der Waals surface area contributed by atoms with Crippen LogP contribution in [0.25, 0.3) is 11.5 Å². The number of pyridine rings is 1. The van der Waals surface area contributed by atoms with E-state index in [1.165, 1.54) is 12.1 Å². The molecule has 0 aliphatic heterocycles. The van der Waals surface area contributed by atoms with Crippen LogP contribution in [0.2, 0.25) is 0 Å². The van der Waals surface area contributed by atoms with Crippen LogP contribution in [-0.4, -0.2) is 15.9 Å². The summed E-state index contributed by atoms with van der Waals surface area (Å²) < 4.78 is 42.9. The van der Waals surface area contributed by atoms with Gasteiger partial charge in [0.25, 0.3) is 5.91 Å². The highest BCUT2D eigenvalue weighted by atomic mass is 19.4. The fraction of sp³-hybridized carbons (Fsp3) is 0.118. The summed E-state index contributed by atoms with van der Waals surface area (Å²) in [5, 5.41) is 2.64. The van der Waals surface area contributed by atoms with Gasteiger partial charge in [-0.25, -0.2) is 4.98 Å². The van der Waals surface area contributed by atoms with Crippen molar-refractivity contribution in [3.05, 3.63) is 71.9 Å². The second-order valence-electron chi connectivity index (χ2n) is 5.12. The van der Waals surface area contributed by atoms with Crippen LogP contribution in [-0.2, 0) is 12.7 Å². The number of benzene rings is 1. The van der Waals surface area contributed by atoms with E-state index in [-0.39, 0.29) is 18.1 Å². The molecule has 2 aromatic heterocycles. The zero-order valence-electron chi connectivity index (χ0n) is 12.7. The lowest BCUT2D eigenvalue weighted by molar-refractivity contribution is -0.137. The number of carbonyl (C=O) groups excluding carboxylic acids is 1. The number of amides is 1. The SMILES string of the molecule is O=C(NCc1ccccn1)c1coc(-c2ccc(C(F)(F)F)cc2)n1. The van der Waals surface area contributed by atoms with Gasteiger partial charge in [-0.05, 0) is 36.4 Å². The van der Waals surface area contributed by atoms with Gasteiger partial charge in [-0.1, -0.05) is 6.07 Å². The zero-order chi connectivity index (χ0) is 17.9. The fourth-order valence-corrected chi connectivity index (χ4v) is 2.08. The molecule has 0 aliphatic carbocycles. The molecular weight excluding hydrogens is 335 g/mol. The molecule has 0 saturated heterocycles. The Bertz CT molecular complexity index is 859. The van der Waals surface area contributed by atoms with E-state index < -0.39 is 17.6 Å². The van der Waals surface area contributed by atoms with Gasteiger partial charge in [-0.3, -0.25) is 9.78 Å². The van der Waals surface area contributed by atoms with Gasteiger partial charge < -0.3 is 9.73 Å². The third kappa shape index (κ3) is 4.03. The van der Waals surface area contributed by atoms with Gasteiger partial charge in [0, 0.05) is 11.8 Å². The van der Waals surface area contributed by atoms with Crippen LogP contribution in [0.15, 0.2) is 59.3 Å². The molecule has 0 saturated carbocycles. The molecule has 0 aliphatic rings. The molecule has 0 radical (unpaired) electrons. The average molecular weight is 347 g/mol. The molecule has 5 nitrogen and oxygen atoms in total. The Morgan fingerprint density at radius 1 is 1.12 bits per heavy atom. The van der Waals surface area contributed by atoms with Gasteiger partial charge in [0.1, 0.15) is 6.26 Å². The summed E-state index contributed by atoms with van der Waals surface area (Å²) in [6, 6.07) is 9.67. The van der Waals surface area contributed by atoms with Gasteiger partial charge in [-0.15, -0.1) is 0 Å². The van der Waals surface area contributed by atoms with E-state index in [0.29, 0.717) is 11.3 Å². The van der Waals surface area contributed by atoms with Gasteiger partial charge in [-0.2, -0.15) is 13.2 Å². The van der Waals surface area contributed by atoms with Gasteiger partial charge in [0.05, 0.1) is 17.8 Å². The Hall–Kier alpha value is -3.16. The molecule has 0 bridgehead atoms. The van der Waals surface area contributed by atoms with E-state index >= 15 is 0 Å². The number of oxazole rings is 1. The standard InChI is InChI=1S/C17H12F3N3O2/c18-17(19,20)12-6-4-11(5-7-12)16-23-14(10-25-16)15(24)22-9-13-3-1-2-8-21-13/h1-8,10H,9H2,(H,22,24). The van der Waals surface area contributed by atoms with Gasteiger partial charge >= 0.3 is 6.18 Å². The van der Waals surface area contributed by atoms with E-state index in [4.69, 9.17) is 4.42 Å². The maximum atomic E-state index is 12.6. The molecule has 2 heterocycles. The van der Waals surface area contributed by atoms with E-state index in [1.54, 1.807) is 24.4 Å². The first-order valence-corrected chi connectivity index (χ1v) is 7.25. The summed E-state index contributed by atoms with van der Waals surface area (Å²) in [6.45, 7) is 0.224. The first kappa shape index (κ1) is 16.7. The van der Waals surface area contributed by atoms with Crippen LogP contribution in [0.4, 0.5) is 13.2 Å². The number of hydrogen-bond donors (Lipinski definition) is 1. The highest BCUT2D eigenvalue weighted by Gasteiger charge is 2.30. The second-order valence-corrected chi connectivity index (χ2v) is 5.12. The summed E-state index contributed by atoms with van der Waals surface area (Å²) in [7, 11) is 0. The zero-order valence-corrected chi connectivity index (χ0v) is 12.7. The molecule has 3 rings (SSSR count). The molecule has 1 aromatic carbocycles. The number of nitrogens with zero attached hydrogens (tertiary/aromatic N) is 2. The fourth-order valence-electron chi connectivity index (χ4n) is 2.08. The molecule has 25 heavy (non-hydrogen) atoms. The van der Waals surface area contributed by atoms with E-state index in [9.17, 15) is 18.0 Å². The molecule has 0 unspecified atom stereocenters. The molecular formula is C17H12F3N3O2. The van der Waals surface area contributed by atoms with E-state index in [0.717, 1.165) is 18.4 Å². The van der Waals surface area contributed by atoms with Crippen LogP contribution in [0, 0.1) is 0 Å². The highest BCUT2D eigenvalue weighted by molar-refractivity contribution is 5.92. The number of rotatable bonds is 4. The van der Waals surface area contributed by atoms with Crippen molar-refractivity contribution < 1.29 is 22.4 Å². The van der Waals surface area contributed by atoms with Crippen LogP contribution < -0.4 is 5.32 Å². The first-order chi connectivity index (χ1) is 11.9. The lowest BCUT2D eigenvalue weighted by Crippen LogP contribution is -2.23. The highest BCUT2D eigenvalue weighted by Crippen LogP contribution is 2.30. The van der Waals surface area contributed by atoms with Crippen molar-refractivity contribution in [2.45, 2.75) is 12.7 Å². The van der Waals surface area contributed by atoms with Crippen LogP contribution in [0.1, 0.15) is 21.7 Å². The topological polar surface area (TPSA) is 68.0 Å². The predicted molar refractivity (Wildman–Crippen MR) is 82.3 cm³/mol. The van der Waals surface area contributed by atoms with Gasteiger partial charge in [0.2, 0.25) is 5.89 Å². The van der Waals surface area contributed by atoms with Crippen molar-refractivity contribution in [1.82, 2.24) is 15.3 Å². The molecule has 0 spiro atoms. The Morgan fingerprint density at radius 2 is 1.88 bits per heavy atom. The summed E-state index contributed by atoms with van der Waals surface area (Å²) in [6.07, 6.45) is -1.65. The molecule has 0 atom stereocenters. The van der Waals surface area contributed by atoms with Crippen molar-refractivity contribution in [3.63, 3.8) is 0 Å². The van der Waals surface area contributed by atoms with Crippen molar-refractivity contribution >= 4 is 5.91 Å². The maximum absolute atomic E-state index is 12.6. The molecule has 0 fully saturated rings. The van der Waals surface area contributed by atoms with E-state index in [1.807, 2.05) is 0 Å². The number of hydrogen-bond acceptors (Lipinski definition) is 4. The summed E-state index contributed by atoms with van der Waals surface area (Å²) in [4.78, 5) is 20.1. The number of alkyl halides is 3. The van der Waals surface area contributed by atoms with Crippen LogP contribution in [0.3, 0.4) is 0 Å². The number of nitrogens with one attached hydrogen (secondary N) is 1. The van der Waals surface area contributed by atoms with Crippen molar-refractivity contribution in [1.29, 1.82) is 0 Å². The Labute approximate surface area is 140 Å². The summed E-state index contributed by atoms with van der Waals surface area (Å²) in [5.41, 5.74) is 0.293. The average Bonchev–Trinajstić information content (AvgIpc) is 3.10. The van der Waals surface area contributed by atoms with Crippen LogP contribution in [0.5, 0.6) is 0 Å². The molecule has 8 heteroatoms. The lowest BCUT2D eigenvalue weighted by atomic mass is 10.1. The monoisotopic (exact) mass is 347 g/mol. The minimum atomic E-state index is -4.41. The largest absolute Gasteiger partial charge is 0.444 e. The Balaban J connectivity index is 1.68. The Morgan fingerprint density at radius 3 is 2.52 bits per heavy atom. The molecule has 128 valence electrons. The second kappa shape index (κ2) is 6.76. The smallest absolute Gasteiger partial charge is 0.416 e. The number of carbonyl (C=O) groups is 1. The molecule has 1 amide bonds. The summed E-state index contributed by atoms with van der Waals surface area (Å²) in [5.74, 6) is -0.399. The van der Waals surface area contributed by atoms with E-state index in [2.05, 4.69) is 15.3 Å². The van der Waals surface area contributed by atoms with Crippen LogP contribution >= 0.6 is 0 Å². The third-order valence-corrected chi connectivity index (χ3v) is 3.35. The van der Waals surface area contributed by atoms with Crippen molar-refractivity contribution in [2.24, 2.45) is 0 Å². The molecule has 1 N–H and O–H groups in total. The van der Waals surface area contributed by atoms with Crippen molar-refractivity contribution in [2.75, 3.05) is 0 Å². The first-order valence-electron chi connectivity index (χ1n) is 7.25. The predicted octanol–water partition coefficient (Wildman–Crippen LogP) is 3.69. The third-order valence-electron chi connectivity index (χ3n) is 3.35. The normalized spacial score (nSPS) is 11.3. The Kier molecular flexibility index (Phi) is 4.51. The minimum absolute atomic E-state index is 0.0332. The summed E-state index contributed by atoms with van der Waals surface area (Å²) >= 11 is 0. The molecule has 3 aromatic rings. The maximum Gasteiger partial charge on any atom is 0.416 e. The van der Waals surface area contributed by atoms with Crippen molar-refractivity contribution in [3.8, 4) is 11.5 Å². The minimum Gasteiger partial charge on any atom is -0.444 e. The number of halogens is 3.